The number of para-hydroxylation sites is 1. The predicted molar refractivity (Wildman–Crippen MR) is 175 cm³/mol. The molecule has 0 unspecified atom stereocenters. The van der Waals surface area contributed by atoms with E-state index >= 15 is 0 Å². The van der Waals surface area contributed by atoms with Gasteiger partial charge in [-0.15, -0.1) is 11.8 Å². The number of hydrogen-bond donors (Lipinski definition) is 2. The van der Waals surface area contributed by atoms with Gasteiger partial charge in [0.25, 0.3) is 0 Å². The van der Waals surface area contributed by atoms with E-state index in [-0.39, 0.29) is 11.8 Å². The summed E-state index contributed by atoms with van der Waals surface area (Å²) in [5.41, 5.74) is 1.96. The summed E-state index contributed by atoms with van der Waals surface area (Å²) >= 11 is 3.22. The Balaban J connectivity index is 1.44. The number of amides is 3. The standard InChI is InChI=1S/C32H44N4O4S2/c1-32(2,3)40-31(39)36-22-42-21-28(36)30(38)34-27(20-41-19-23-12-7-5-8-13-23)29(37)33-24-14-11-17-26(18-24)35(4)25-15-9-6-10-16-25/h6,9-11,14-18,23,27-28H,5,7-8,12-13,19-22H2,1-4H3,(H,33,37)(H,34,38)/t27-,28-/m0/s1. The van der Waals surface area contributed by atoms with Crippen molar-refractivity contribution in [1.82, 2.24) is 10.2 Å². The van der Waals surface area contributed by atoms with E-state index in [1.807, 2.05) is 61.6 Å². The maximum Gasteiger partial charge on any atom is 0.411 e. The summed E-state index contributed by atoms with van der Waals surface area (Å²) in [5, 5.41) is 6.02. The van der Waals surface area contributed by atoms with Crippen LogP contribution in [-0.2, 0) is 14.3 Å². The number of ether oxygens (including phenoxy) is 1. The highest BCUT2D eigenvalue weighted by atomic mass is 32.2. The summed E-state index contributed by atoms with van der Waals surface area (Å²) in [6, 6.07) is 16.3. The van der Waals surface area contributed by atoms with Crippen molar-refractivity contribution in [3.63, 3.8) is 0 Å². The molecule has 1 aliphatic carbocycles. The Hall–Kier alpha value is -2.85. The lowest BCUT2D eigenvalue weighted by Crippen LogP contribution is -2.54. The van der Waals surface area contributed by atoms with E-state index in [1.165, 1.54) is 48.8 Å². The molecule has 1 saturated carbocycles. The number of carbonyl (C=O) groups is 3. The first-order chi connectivity index (χ1) is 20.1. The number of rotatable bonds is 10. The van der Waals surface area contributed by atoms with E-state index in [9.17, 15) is 14.4 Å². The second-order valence-corrected chi connectivity index (χ2v) is 14.1. The van der Waals surface area contributed by atoms with Crippen LogP contribution in [0.15, 0.2) is 54.6 Å². The van der Waals surface area contributed by atoms with Crippen molar-refractivity contribution in [2.75, 3.05) is 40.4 Å². The van der Waals surface area contributed by atoms with Gasteiger partial charge in [-0.05, 0) is 75.6 Å². The average Bonchev–Trinajstić information content (AvgIpc) is 3.47. The first-order valence-corrected chi connectivity index (χ1v) is 17.1. The molecule has 2 atom stereocenters. The van der Waals surface area contributed by atoms with E-state index < -0.39 is 23.8 Å². The minimum absolute atomic E-state index is 0.270. The Kier molecular flexibility index (Phi) is 11.5. The zero-order chi connectivity index (χ0) is 30.1. The van der Waals surface area contributed by atoms with Gasteiger partial charge in [-0.1, -0.05) is 43.5 Å². The molecule has 2 fully saturated rings. The highest BCUT2D eigenvalue weighted by molar-refractivity contribution is 7.99. The van der Waals surface area contributed by atoms with Gasteiger partial charge in [0.1, 0.15) is 17.7 Å². The number of nitrogens with zero attached hydrogens (tertiary/aromatic N) is 2. The van der Waals surface area contributed by atoms with Crippen LogP contribution in [0, 0.1) is 5.92 Å². The number of nitrogens with one attached hydrogen (secondary N) is 2. The van der Waals surface area contributed by atoms with Crippen molar-refractivity contribution in [1.29, 1.82) is 0 Å². The molecule has 1 aliphatic heterocycles. The molecular formula is C32H44N4O4S2. The number of hydrogen-bond acceptors (Lipinski definition) is 7. The van der Waals surface area contributed by atoms with Crippen LogP contribution >= 0.6 is 23.5 Å². The Morgan fingerprint density at radius 1 is 1.05 bits per heavy atom. The first-order valence-electron chi connectivity index (χ1n) is 14.8. The van der Waals surface area contributed by atoms with Crippen molar-refractivity contribution in [3.8, 4) is 0 Å². The van der Waals surface area contributed by atoms with Crippen LogP contribution in [0.3, 0.4) is 0 Å². The van der Waals surface area contributed by atoms with Crippen LogP contribution < -0.4 is 15.5 Å². The van der Waals surface area contributed by atoms with Gasteiger partial charge in [0.05, 0.1) is 5.88 Å². The smallest absolute Gasteiger partial charge is 0.411 e. The van der Waals surface area contributed by atoms with Crippen molar-refractivity contribution >= 4 is 58.5 Å². The first kappa shape index (κ1) is 32.1. The van der Waals surface area contributed by atoms with E-state index in [0.717, 1.165) is 17.1 Å². The maximum atomic E-state index is 13.6. The fourth-order valence-corrected chi connectivity index (χ4v) is 7.56. The van der Waals surface area contributed by atoms with Gasteiger partial charge < -0.3 is 20.3 Å². The average molecular weight is 613 g/mol. The maximum absolute atomic E-state index is 13.6. The van der Waals surface area contributed by atoms with E-state index in [0.29, 0.717) is 29.0 Å². The largest absolute Gasteiger partial charge is 0.444 e. The molecular weight excluding hydrogens is 569 g/mol. The van der Waals surface area contributed by atoms with Gasteiger partial charge in [0, 0.05) is 35.6 Å². The molecule has 42 heavy (non-hydrogen) atoms. The van der Waals surface area contributed by atoms with Gasteiger partial charge in [-0.2, -0.15) is 11.8 Å². The molecule has 0 radical (unpaired) electrons. The van der Waals surface area contributed by atoms with Crippen molar-refractivity contribution < 1.29 is 19.1 Å². The molecule has 2 N–H and O–H groups in total. The monoisotopic (exact) mass is 612 g/mol. The van der Waals surface area contributed by atoms with Crippen LogP contribution in [0.2, 0.25) is 0 Å². The molecule has 0 bridgehead atoms. The van der Waals surface area contributed by atoms with Gasteiger partial charge in [-0.25, -0.2) is 4.79 Å². The molecule has 228 valence electrons. The molecule has 2 aromatic carbocycles. The van der Waals surface area contributed by atoms with Crippen molar-refractivity contribution in [2.24, 2.45) is 5.92 Å². The second-order valence-electron chi connectivity index (χ2n) is 12.0. The van der Waals surface area contributed by atoms with E-state index in [4.69, 9.17) is 4.74 Å². The zero-order valence-corrected chi connectivity index (χ0v) is 26.8. The predicted octanol–water partition coefficient (Wildman–Crippen LogP) is 6.50. The number of benzene rings is 2. The quantitative estimate of drug-likeness (QED) is 0.317. The summed E-state index contributed by atoms with van der Waals surface area (Å²) < 4.78 is 5.53. The van der Waals surface area contributed by atoms with Crippen LogP contribution in [0.4, 0.5) is 21.9 Å². The Morgan fingerprint density at radius 3 is 2.48 bits per heavy atom. The normalized spacial score (nSPS) is 18.3. The summed E-state index contributed by atoms with van der Waals surface area (Å²) in [4.78, 5) is 43.4. The van der Waals surface area contributed by atoms with E-state index in [2.05, 4.69) is 15.5 Å². The molecule has 1 saturated heterocycles. The summed E-state index contributed by atoms with van der Waals surface area (Å²) in [6.07, 6.45) is 5.76. The number of carbonyl (C=O) groups excluding carboxylic acids is 3. The summed E-state index contributed by atoms with van der Waals surface area (Å²) in [5.74, 6) is 2.33. The molecule has 0 aromatic heterocycles. The van der Waals surface area contributed by atoms with Crippen LogP contribution in [0.1, 0.15) is 52.9 Å². The van der Waals surface area contributed by atoms with Gasteiger partial charge in [0.15, 0.2) is 0 Å². The lowest BCUT2D eigenvalue weighted by atomic mass is 9.91. The molecule has 1 heterocycles. The second kappa shape index (κ2) is 15.0. The molecule has 2 aromatic rings. The third-order valence-electron chi connectivity index (χ3n) is 7.45. The highest BCUT2D eigenvalue weighted by Crippen LogP contribution is 2.29. The molecule has 0 spiro atoms. The van der Waals surface area contributed by atoms with E-state index in [1.54, 1.807) is 32.5 Å². The molecule has 3 amide bonds. The topological polar surface area (TPSA) is 91.0 Å². The summed E-state index contributed by atoms with van der Waals surface area (Å²) in [6.45, 7) is 5.42. The van der Waals surface area contributed by atoms with Crippen LogP contribution in [0.5, 0.6) is 0 Å². The zero-order valence-electron chi connectivity index (χ0n) is 25.1. The van der Waals surface area contributed by atoms with Crippen molar-refractivity contribution in [3.05, 3.63) is 54.6 Å². The summed E-state index contributed by atoms with van der Waals surface area (Å²) in [7, 11) is 1.98. The Labute approximate surface area is 258 Å². The minimum Gasteiger partial charge on any atom is -0.444 e. The molecule has 10 heteroatoms. The molecule has 4 rings (SSSR count). The van der Waals surface area contributed by atoms with Gasteiger partial charge in [-0.3, -0.25) is 14.5 Å². The Morgan fingerprint density at radius 2 is 1.76 bits per heavy atom. The lowest BCUT2D eigenvalue weighted by molar-refractivity contribution is -0.128. The van der Waals surface area contributed by atoms with Gasteiger partial charge in [0.2, 0.25) is 11.8 Å². The molecule has 2 aliphatic rings. The third kappa shape index (κ3) is 9.33. The van der Waals surface area contributed by atoms with Crippen LogP contribution in [0.25, 0.3) is 0 Å². The minimum atomic E-state index is -0.743. The highest BCUT2D eigenvalue weighted by Gasteiger charge is 2.38. The number of thioether (sulfide) groups is 2. The fraction of sp³-hybridized carbons (Fsp3) is 0.531. The van der Waals surface area contributed by atoms with Crippen molar-refractivity contribution in [2.45, 2.75) is 70.6 Å². The third-order valence-corrected chi connectivity index (χ3v) is 9.74. The fourth-order valence-electron chi connectivity index (χ4n) is 5.14. The van der Waals surface area contributed by atoms with Crippen LogP contribution in [-0.4, -0.2) is 70.7 Å². The number of anilines is 3. The lowest BCUT2D eigenvalue weighted by Gasteiger charge is -2.28. The Bertz CT molecular complexity index is 1200. The molecule has 8 nitrogen and oxygen atoms in total. The van der Waals surface area contributed by atoms with Gasteiger partial charge >= 0.3 is 6.09 Å². The SMILES string of the molecule is CN(c1ccccc1)c1cccc(NC(=O)[C@H](CSCC2CCCCC2)NC(=O)[C@@H]2CSCN2C(=O)OC(C)(C)C)c1.